The molecule has 1 spiro atoms. The van der Waals surface area contributed by atoms with Crippen LogP contribution >= 0.6 is 0 Å². The average molecular weight is 279 g/mol. The molecule has 3 aliphatic heterocycles. The molecule has 8 nitrogen and oxygen atoms in total. The van der Waals surface area contributed by atoms with Crippen molar-refractivity contribution in [1.82, 2.24) is 15.0 Å². The van der Waals surface area contributed by atoms with Crippen LogP contribution in [0, 0.1) is 6.92 Å². The SMILES string of the molecule is Cc1nc(C23CCN(C2)C2(CC3)OC(=O)C(=O)O2)no1. The van der Waals surface area contributed by atoms with E-state index in [4.69, 9.17) is 14.0 Å². The fourth-order valence-electron chi connectivity index (χ4n) is 3.36. The van der Waals surface area contributed by atoms with Crippen molar-refractivity contribution in [3.63, 3.8) is 0 Å². The topological polar surface area (TPSA) is 94.8 Å². The summed E-state index contributed by atoms with van der Waals surface area (Å²) in [5.41, 5.74) is -0.204. The largest absolute Gasteiger partial charge is 0.421 e. The molecule has 4 rings (SSSR count). The van der Waals surface area contributed by atoms with E-state index in [-0.39, 0.29) is 5.41 Å². The molecule has 3 fully saturated rings. The first-order valence-electron chi connectivity index (χ1n) is 6.55. The quantitative estimate of drug-likeness (QED) is 0.518. The number of esters is 2. The Morgan fingerprint density at radius 3 is 2.55 bits per heavy atom. The summed E-state index contributed by atoms with van der Waals surface area (Å²) in [5.74, 6) is -1.83. The molecule has 20 heavy (non-hydrogen) atoms. The Bertz CT molecular complexity index is 596. The van der Waals surface area contributed by atoms with Crippen molar-refractivity contribution in [2.45, 2.75) is 37.5 Å². The minimum atomic E-state index is -1.22. The maximum atomic E-state index is 11.3. The second-order valence-electron chi connectivity index (χ2n) is 5.58. The molecule has 0 amide bonds. The molecule has 4 heterocycles. The first-order chi connectivity index (χ1) is 9.53. The van der Waals surface area contributed by atoms with Gasteiger partial charge in [0.1, 0.15) is 0 Å². The highest BCUT2D eigenvalue weighted by atomic mass is 16.8. The number of fused-ring (bicyclic) bond motifs is 3. The lowest BCUT2D eigenvalue weighted by Crippen LogP contribution is -2.54. The molecular weight excluding hydrogens is 266 g/mol. The van der Waals surface area contributed by atoms with Crippen LogP contribution in [-0.4, -0.2) is 46.0 Å². The minimum Gasteiger partial charge on any atom is -0.400 e. The van der Waals surface area contributed by atoms with E-state index < -0.39 is 17.8 Å². The number of carbonyl (C=O) groups excluding carboxylic acids is 2. The van der Waals surface area contributed by atoms with Crippen LogP contribution in [0.15, 0.2) is 4.52 Å². The third kappa shape index (κ3) is 1.39. The van der Waals surface area contributed by atoms with Gasteiger partial charge in [-0.05, 0) is 12.8 Å². The number of piperidine rings is 1. The molecule has 0 N–H and O–H groups in total. The van der Waals surface area contributed by atoms with Crippen LogP contribution in [0.25, 0.3) is 0 Å². The third-order valence-corrected chi connectivity index (χ3v) is 4.43. The summed E-state index contributed by atoms with van der Waals surface area (Å²) in [6, 6.07) is 0. The van der Waals surface area contributed by atoms with Crippen LogP contribution in [0.1, 0.15) is 31.0 Å². The summed E-state index contributed by atoms with van der Waals surface area (Å²) in [4.78, 5) is 28.8. The van der Waals surface area contributed by atoms with Crippen molar-refractivity contribution in [2.75, 3.05) is 13.1 Å². The van der Waals surface area contributed by atoms with Gasteiger partial charge in [-0.3, -0.25) is 0 Å². The Morgan fingerprint density at radius 1 is 1.15 bits per heavy atom. The summed E-state index contributed by atoms with van der Waals surface area (Å²) in [6.45, 7) is 3.01. The standard InChI is InChI=1S/C12H13N3O5/c1-7-13-10(14-20-7)11-2-3-12(15(6-11)5-4-11)18-8(16)9(17)19-12/h2-6H2,1H3. The van der Waals surface area contributed by atoms with E-state index in [1.807, 2.05) is 4.90 Å². The Labute approximate surface area is 114 Å². The molecule has 3 aliphatic rings. The van der Waals surface area contributed by atoms with Gasteiger partial charge in [0.05, 0.1) is 0 Å². The summed E-state index contributed by atoms with van der Waals surface area (Å²) in [7, 11) is 0. The Hall–Kier alpha value is -1.96. The molecular formula is C12H13N3O5. The van der Waals surface area contributed by atoms with Crippen LogP contribution in [0.3, 0.4) is 0 Å². The molecule has 0 aromatic carbocycles. The summed E-state index contributed by atoms with van der Waals surface area (Å²) < 4.78 is 15.4. The van der Waals surface area contributed by atoms with Gasteiger partial charge in [-0.25, -0.2) is 14.5 Å². The van der Waals surface area contributed by atoms with Crippen LogP contribution in [0.4, 0.5) is 0 Å². The van der Waals surface area contributed by atoms with Gasteiger partial charge in [-0.15, -0.1) is 0 Å². The molecule has 3 saturated heterocycles. The first kappa shape index (κ1) is 11.8. The summed E-state index contributed by atoms with van der Waals surface area (Å²) >= 11 is 0. The summed E-state index contributed by atoms with van der Waals surface area (Å²) in [6.07, 6.45) is 1.93. The second-order valence-corrected chi connectivity index (χ2v) is 5.58. The van der Waals surface area contributed by atoms with Crippen molar-refractivity contribution in [2.24, 2.45) is 0 Å². The Kier molecular flexibility index (Phi) is 2.11. The molecule has 2 atom stereocenters. The average Bonchev–Trinajstić information content (AvgIpc) is 3.06. The molecule has 0 radical (unpaired) electrons. The maximum Gasteiger partial charge on any atom is 0.421 e. The second kappa shape index (κ2) is 3.57. The molecule has 106 valence electrons. The zero-order chi connectivity index (χ0) is 14.0. The van der Waals surface area contributed by atoms with Gasteiger partial charge in [-0.1, -0.05) is 5.16 Å². The van der Waals surface area contributed by atoms with E-state index in [1.54, 1.807) is 6.92 Å². The fourth-order valence-corrected chi connectivity index (χ4v) is 3.36. The van der Waals surface area contributed by atoms with Crippen molar-refractivity contribution < 1.29 is 23.6 Å². The number of aryl methyl sites for hydroxylation is 1. The first-order valence-corrected chi connectivity index (χ1v) is 6.55. The van der Waals surface area contributed by atoms with Gasteiger partial charge < -0.3 is 14.0 Å². The smallest absolute Gasteiger partial charge is 0.400 e. The highest BCUT2D eigenvalue weighted by molar-refractivity contribution is 6.31. The number of ether oxygens (including phenoxy) is 2. The van der Waals surface area contributed by atoms with Crippen LogP contribution < -0.4 is 0 Å². The zero-order valence-corrected chi connectivity index (χ0v) is 10.9. The van der Waals surface area contributed by atoms with Crippen molar-refractivity contribution in [3.8, 4) is 0 Å². The predicted molar refractivity (Wildman–Crippen MR) is 61.1 cm³/mol. The van der Waals surface area contributed by atoms with E-state index >= 15 is 0 Å². The van der Waals surface area contributed by atoms with Crippen LogP contribution in [0.5, 0.6) is 0 Å². The molecule has 1 aromatic heterocycles. The Morgan fingerprint density at radius 2 is 1.90 bits per heavy atom. The minimum absolute atomic E-state index is 0.204. The van der Waals surface area contributed by atoms with E-state index in [9.17, 15) is 9.59 Å². The number of rotatable bonds is 1. The Balaban J connectivity index is 1.64. The molecule has 0 saturated carbocycles. The van der Waals surface area contributed by atoms with E-state index in [2.05, 4.69) is 10.1 Å². The zero-order valence-electron chi connectivity index (χ0n) is 10.9. The lowest BCUT2D eigenvalue weighted by Gasteiger charge is -2.40. The van der Waals surface area contributed by atoms with Gasteiger partial charge in [0.2, 0.25) is 5.89 Å². The van der Waals surface area contributed by atoms with Gasteiger partial charge in [-0.2, -0.15) is 4.98 Å². The molecule has 1 aromatic rings. The van der Waals surface area contributed by atoms with E-state index in [0.717, 1.165) is 6.42 Å². The number of carbonyl (C=O) groups is 2. The number of aromatic nitrogens is 2. The van der Waals surface area contributed by atoms with Gasteiger partial charge in [0.25, 0.3) is 0 Å². The normalized spacial score (nSPS) is 34.4. The molecule has 0 aliphatic carbocycles. The summed E-state index contributed by atoms with van der Waals surface area (Å²) in [5, 5.41) is 4.03. The lowest BCUT2D eigenvalue weighted by molar-refractivity contribution is -0.259. The number of hydrogen-bond donors (Lipinski definition) is 0. The molecule has 2 unspecified atom stereocenters. The lowest BCUT2D eigenvalue weighted by atomic mass is 9.79. The van der Waals surface area contributed by atoms with E-state index in [1.165, 1.54) is 0 Å². The van der Waals surface area contributed by atoms with Gasteiger partial charge in [0, 0.05) is 31.8 Å². The highest BCUT2D eigenvalue weighted by Crippen LogP contribution is 2.49. The number of nitrogens with zero attached hydrogens (tertiary/aromatic N) is 3. The maximum absolute atomic E-state index is 11.3. The van der Waals surface area contributed by atoms with Crippen molar-refractivity contribution in [1.29, 1.82) is 0 Å². The predicted octanol–water partition coefficient (Wildman–Crippen LogP) is -0.131. The monoisotopic (exact) mass is 279 g/mol. The highest BCUT2D eigenvalue weighted by Gasteiger charge is 2.62. The number of hydrogen-bond acceptors (Lipinski definition) is 8. The fraction of sp³-hybridized carbons (Fsp3) is 0.667. The van der Waals surface area contributed by atoms with Gasteiger partial charge in [0.15, 0.2) is 5.82 Å². The van der Waals surface area contributed by atoms with E-state index in [0.29, 0.717) is 37.6 Å². The third-order valence-electron chi connectivity index (χ3n) is 4.43. The van der Waals surface area contributed by atoms with Crippen molar-refractivity contribution >= 4 is 11.9 Å². The molecule has 8 heteroatoms. The van der Waals surface area contributed by atoms with Gasteiger partial charge >= 0.3 is 17.8 Å². The molecule has 2 bridgehead atoms. The van der Waals surface area contributed by atoms with Crippen LogP contribution in [-0.2, 0) is 24.5 Å². The van der Waals surface area contributed by atoms with Crippen molar-refractivity contribution in [3.05, 3.63) is 11.7 Å². The van der Waals surface area contributed by atoms with Crippen LogP contribution in [0.2, 0.25) is 0 Å².